The lowest BCUT2D eigenvalue weighted by molar-refractivity contribution is -0.185. The second-order valence-corrected chi connectivity index (χ2v) is 12.0. The van der Waals surface area contributed by atoms with Gasteiger partial charge in [0.25, 0.3) is 5.91 Å². The van der Waals surface area contributed by atoms with E-state index in [0.29, 0.717) is 11.1 Å². The molecule has 0 heterocycles. The first-order valence-electron chi connectivity index (χ1n) is 13.1. The number of aromatic hydroxyl groups is 1. The molecule has 1 amide bonds. The van der Waals surface area contributed by atoms with Crippen LogP contribution in [-0.4, -0.2) is 80.6 Å². The maximum atomic E-state index is 14.3. The van der Waals surface area contributed by atoms with E-state index >= 15 is 0 Å². The zero-order valence-corrected chi connectivity index (χ0v) is 23.6. The molecule has 11 heteroatoms. The van der Waals surface area contributed by atoms with Gasteiger partial charge in [-0.1, -0.05) is 46.8 Å². The summed E-state index contributed by atoms with van der Waals surface area (Å²) in [6.45, 7) is 8.85. The number of amides is 1. The lowest BCUT2D eigenvalue weighted by atomic mass is 9.54. The van der Waals surface area contributed by atoms with Gasteiger partial charge in [0.2, 0.25) is 5.78 Å². The van der Waals surface area contributed by atoms with E-state index in [0.717, 1.165) is 0 Å². The first-order chi connectivity index (χ1) is 18.4. The van der Waals surface area contributed by atoms with Crippen LogP contribution in [0.25, 0.3) is 5.76 Å². The van der Waals surface area contributed by atoms with Gasteiger partial charge in [0.15, 0.2) is 11.4 Å². The van der Waals surface area contributed by atoms with E-state index in [4.69, 9.17) is 10.5 Å². The predicted octanol–water partition coefficient (Wildman–Crippen LogP) is 1.75. The fourth-order valence-corrected chi connectivity index (χ4v) is 6.57. The molecule has 0 saturated heterocycles. The monoisotopic (exact) mass is 556 g/mol. The third-order valence-electron chi connectivity index (χ3n) is 8.47. The van der Waals surface area contributed by atoms with Gasteiger partial charge >= 0.3 is 5.97 Å². The summed E-state index contributed by atoms with van der Waals surface area (Å²) in [4.78, 5) is 54.1. The maximum absolute atomic E-state index is 14.3. The van der Waals surface area contributed by atoms with Crippen molar-refractivity contribution in [2.45, 2.75) is 70.1 Å². The Hall–Kier alpha value is -3.70. The Kier molecular flexibility index (Phi) is 6.92. The zero-order valence-electron chi connectivity index (χ0n) is 23.6. The van der Waals surface area contributed by atoms with Gasteiger partial charge in [-0.3, -0.25) is 24.1 Å². The quantitative estimate of drug-likeness (QED) is 0.270. The van der Waals surface area contributed by atoms with Gasteiger partial charge in [-0.05, 0) is 31.0 Å². The highest BCUT2D eigenvalue weighted by atomic mass is 16.5. The second kappa shape index (κ2) is 9.45. The van der Waals surface area contributed by atoms with Crippen LogP contribution < -0.4 is 5.73 Å². The first kappa shape index (κ1) is 29.3. The Morgan fingerprint density at radius 1 is 1.12 bits per heavy atom. The number of ketones is 2. The molecule has 3 unspecified atom stereocenters. The maximum Gasteiger partial charge on any atom is 0.305 e. The summed E-state index contributed by atoms with van der Waals surface area (Å²) in [5, 5.41) is 46.1. The standard InChI is InChI=1S/C29H36N2O9/c1-8-14(32)40-24-15-11(2)12-9-10-13(28(3,4)5)21(33)16(12)22(34)17(15)25(36)29(39)19(24)20(31(6)7)23(35)18(26(29)37)27(30)38/h9-11,15,19-20,24,33-34,37,39H,8H2,1-7H3,(H2,30,38)/t11-,15?,19?,20-,24?,29-/m0/s1. The van der Waals surface area contributed by atoms with Gasteiger partial charge in [-0.15, -0.1) is 0 Å². The van der Waals surface area contributed by atoms with E-state index in [2.05, 4.69) is 0 Å². The minimum Gasteiger partial charge on any atom is -0.508 e. The van der Waals surface area contributed by atoms with E-state index in [-0.39, 0.29) is 17.7 Å². The molecule has 0 spiro atoms. The normalized spacial score (nSPS) is 30.2. The third-order valence-corrected chi connectivity index (χ3v) is 8.47. The van der Waals surface area contributed by atoms with Crippen LogP contribution in [0.1, 0.15) is 63.6 Å². The molecular weight excluding hydrogens is 520 g/mol. The predicted molar refractivity (Wildman–Crippen MR) is 143 cm³/mol. The number of nitrogens with zero attached hydrogens (tertiary/aromatic N) is 1. The zero-order chi connectivity index (χ0) is 30.2. The first-order valence-corrected chi connectivity index (χ1v) is 13.1. The number of phenols is 1. The van der Waals surface area contributed by atoms with Crippen LogP contribution >= 0.6 is 0 Å². The number of carbonyl (C=O) groups is 4. The topological polar surface area (TPSA) is 188 Å². The van der Waals surface area contributed by atoms with E-state index in [1.54, 1.807) is 26.0 Å². The fraction of sp³-hybridized carbons (Fsp3) is 0.517. The number of likely N-dealkylation sites (N-methyl/N-ethyl adjacent to an activating group) is 1. The molecule has 1 aromatic rings. The molecule has 0 bridgehead atoms. The summed E-state index contributed by atoms with van der Waals surface area (Å²) >= 11 is 0. The molecule has 0 radical (unpaired) electrons. The summed E-state index contributed by atoms with van der Waals surface area (Å²) in [6, 6.07) is 2.03. The highest BCUT2D eigenvalue weighted by Gasteiger charge is 2.69. The van der Waals surface area contributed by atoms with Crippen molar-refractivity contribution in [3.8, 4) is 5.75 Å². The highest BCUT2D eigenvalue weighted by molar-refractivity contribution is 6.24. The van der Waals surface area contributed by atoms with Crippen LogP contribution in [0.15, 0.2) is 29.0 Å². The molecule has 1 saturated carbocycles. The average molecular weight is 557 g/mol. The van der Waals surface area contributed by atoms with Gasteiger partial charge < -0.3 is 30.9 Å². The molecule has 1 fully saturated rings. The number of Topliss-reactive ketones (excluding diaryl/α,β-unsaturated/α-hetero) is 2. The summed E-state index contributed by atoms with van der Waals surface area (Å²) in [5.41, 5.74) is 1.50. The summed E-state index contributed by atoms with van der Waals surface area (Å²) < 4.78 is 5.82. The molecule has 4 rings (SSSR count). The van der Waals surface area contributed by atoms with Crippen molar-refractivity contribution in [2.75, 3.05) is 14.1 Å². The van der Waals surface area contributed by atoms with Crippen molar-refractivity contribution < 1.29 is 44.3 Å². The number of phenolic OH excluding ortho intramolecular Hbond substituents is 1. The number of ether oxygens (including phenoxy) is 1. The number of nitrogens with two attached hydrogens (primary N) is 1. The molecule has 3 aliphatic rings. The fourth-order valence-electron chi connectivity index (χ4n) is 6.57. The number of benzene rings is 1. The van der Waals surface area contributed by atoms with Crippen molar-refractivity contribution in [1.29, 1.82) is 0 Å². The summed E-state index contributed by atoms with van der Waals surface area (Å²) in [7, 11) is 2.95. The van der Waals surface area contributed by atoms with E-state index in [1.807, 2.05) is 20.8 Å². The van der Waals surface area contributed by atoms with Crippen LogP contribution in [0.3, 0.4) is 0 Å². The van der Waals surface area contributed by atoms with E-state index < -0.39 is 87.0 Å². The number of carbonyl (C=O) groups excluding carboxylic acids is 4. The number of rotatable bonds is 4. The molecule has 11 nitrogen and oxygen atoms in total. The Bertz CT molecular complexity index is 1400. The van der Waals surface area contributed by atoms with Gasteiger partial charge in [-0.2, -0.15) is 0 Å². The van der Waals surface area contributed by atoms with Crippen LogP contribution in [0, 0.1) is 11.8 Å². The van der Waals surface area contributed by atoms with Gasteiger partial charge in [0.05, 0.1) is 17.5 Å². The molecule has 6 atom stereocenters. The number of hydrogen-bond acceptors (Lipinski definition) is 10. The molecule has 3 aliphatic carbocycles. The molecule has 0 aromatic heterocycles. The second-order valence-electron chi connectivity index (χ2n) is 12.0. The highest BCUT2D eigenvalue weighted by Crippen LogP contribution is 2.57. The SMILES string of the molecule is CCC(=O)OC1C2C(=C(O)c3c(ccc(C(C)(C)C)c3O)[C@@H]2C)C(=O)[C@]2(O)C(O)=C(C(N)=O)C(=O)[C@@H](N(C)C)C12. The van der Waals surface area contributed by atoms with E-state index in [1.165, 1.54) is 19.0 Å². The van der Waals surface area contributed by atoms with Crippen molar-refractivity contribution in [3.63, 3.8) is 0 Å². The molecule has 0 aliphatic heterocycles. The number of hydrogen-bond donors (Lipinski definition) is 5. The number of aliphatic hydroxyl groups excluding tert-OH is 2. The van der Waals surface area contributed by atoms with Crippen molar-refractivity contribution in [1.82, 2.24) is 4.90 Å². The molecule has 1 aromatic carbocycles. The average Bonchev–Trinajstić information content (AvgIpc) is 2.84. The largest absolute Gasteiger partial charge is 0.508 e. The Morgan fingerprint density at radius 3 is 2.23 bits per heavy atom. The third kappa shape index (κ3) is 3.86. The van der Waals surface area contributed by atoms with Crippen LogP contribution in [0.5, 0.6) is 5.75 Å². The van der Waals surface area contributed by atoms with Crippen LogP contribution in [0.2, 0.25) is 0 Å². The molecular formula is C29H36N2O9. The summed E-state index contributed by atoms with van der Waals surface area (Å²) in [5.74, 6) is -9.65. The number of primary amides is 1. The van der Waals surface area contributed by atoms with Crippen molar-refractivity contribution in [3.05, 3.63) is 45.7 Å². The number of esters is 1. The van der Waals surface area contributed by atoms with Gasteiger partial charge in [0, 0.05) is 23.5 Å². The van der Waals surface area contributed by atoms with Crippen molar-refractivity contribution in [2.24, 2.45) is 17.6 Å². The van der Waals surface area contributed by atoms with Crippen LogP contribution in [0.4, 0.5) is 0 Å². The molecule has 6 N–H and O–H groups in total. The minimum atomic E-state index is -2.96. The smallest absolute Gasteiger partial charge is 0.305 e. The number of aliphatic hydroxyl groups is 3. The van der Waals surface area contributed by atoms with E-state index in [9.17, 15) is 39.6 Å². The molecule has 40 heavy (non-hydrogen) atoms. The number of fused-ring (bicyclic) bond motifs is 3. The van der Waals surface area contributed by atoms with Crippen LogP contribution in [-0.2, 0) is 29.3 Å². The van der Waals surface area contributed by atoms with Crippen molar-refractivity contribution >= 4 is 29.2 Å². The Balaban J connectivity index is 2.13. The Morgan fingerprint density at radius 2 is 1.73 bits per heavy atom. The Labute approximate surface area is 231 Å². The minimum absolute atomic E-state index is 0.0169. The van der Waals surface area contributed by atoms with Gasteiger partial charge in [-0.25, -0.2) is 0 Å². The summed E-state index contributed by atoms with van der Waals surface area (Å²) in [6.07, 6.45) is -1.49. The lowest BCUT2D eigenvalue weighted by Crippen LogP contribution is -2.71. The van der Waals surface area contributed by atoms with Gasteiger partial charge in [0.1, 0.15) is 28.9 Å². The lowest BCUT2D eigenvalue weighted by Gasteiger charge is -2.54. The molecule has 216 valence electrons.